The molecule has 1 aliphatic heterocycles. The Kier molecular flexibility index (Phi) is 4.90. The minimum atomic E-state index is -3.32. The summed E-state index contributed by atoms with van der Waals surface area (Å²) in [5.74, 6) is 0.527. The average Bonchev–Trinajstić information content (AvgIpc) is 3.44. The fraction of sp³-hybridized carbons (Fsp3) is 0.889. The van der Waals surface area contributed by atoms with Gasteiger partial charge in [0.1, 0.15) is 0 Å². The maximum Gasteiger partial charge on any atom is 0.226 e. The Morgan fingerprint density at radius 3 is 2.40 bits per heavy atom. The molecule has 2 amide bonds. The zero-order valence-corrected chi connectivity index (χ0v) is 16.3. The molecule has 0 aromatic heterocycles. The zero-order valence-electron chi connectivity index (χ0n) is 15.5. The van der Waals surface area contributed by atoms with Crippen LogP contribution in [0.3, 0.4) is 0 Å². The predicted molar refractivity (Wildman–Crippen MR) is 95.6 cm³/mol. The third-order valence-corrected chi connectivity index (χ3v) is 8.10. The van der Waals surface area contributed by atoms with E-state index in [1.165, 1.54) is 0 Å². The van der Waals surface area contributed by atoms with Crippen LogP contribution in [0.1, 0.15) is 46.5 Å². The van der Waals surface area contributed by atoms with E-state index in [1.54, 1.807) is 9.80 Å². The molecule has 3 fully saturated rings. The van der Waals surface area contributed by atoms with Gasteiger partial charge < -0.3 is 9.80 Å². The summed E-state index contributed by atoms with van der Waals surface area (Å²) in [6.07, 6.45) is 3.18. The molecule has 142 valence electrons. The maximum absolute atomic E-state index is 12.6. The molecule has 2 aliphatic carbocycles. The van der Waals surface area contributed by atoms with Gasteiger partial charge in [0, 0.05) is 38.5 Å². The Labute approximate surface area is 150 Å². The van der Waals surface area contributed by atoms with Crippen LogP contribution < -0.4 is 0 Å². The van der Waals surface area contributed by atoms with Gasteiger partial charge in [-0.3, -0.25) is 9.59 Å². The highest BCUT2D eigenvalue weighted by Gasteiger charge is 2.53. The molecule has 0 aromatic carbocycles. The zero-order chi connectivity index (χ0) is 18.4. The highest BCUT2D eigenvalue weighted by Crippen LogP contribution is 2.52. The lowest BCUT2D eigenvalue weighted by molar-refractivity contribution is -0.135. The van der Waals surface area contributed by atoms with E-state index in [0.717, 1.165) is 25.8 Å². The third-order valence-electron chi connectivity index (χ3n) is 6.01. The molecule has 1 saturated heterocycles. The van der Waals surface area contributed by atoms with Gasteiger partial charge in [-0.1, -0.05) is 13.8 Å². The van der Waals surface area contributed by atoms with Crippen LogP contribution >= 0.6 is 0 Å². The van der Waals surface area contributed by atoms with Crippen LogP contribution in [0.2, 0.25) is 0 Å². The van der Waals surface area contributed by atoms with E-state index < -0.39 is 15.1 Å². The van der Waals surface area contributed by atoms with Gasteiger partial charge in [-0.2, -0.15) is 0 Å². The number of hydrogen-bond acceptors (Lipinski definition) is 4. The van der Waals surface area contributed by atoms with Crippen molar-refractivity contribution in [3.63, 3.8) is 0 Å². The van der Waals surface area contributed by atoms with E-state index in [-0.39, 0.29) is 48.4 Å². The summed E-state index contributed by atoms with van der Waals surface area (Å²) < 4.78 is 24.9. The lowest BCUT2D eigenvalue weighted by Crippen LogP contribution is -2.51. The number of nitrogens with zero attached hydrogens (tertiary/aromatic N) is 2. The fourth-order valence-electron chi connectivity index (χ4n) is 3.70. The number of rotatable bonds is 6. The van der Waals surface area contributed by atoms with Crippen LogP contribution in [0.4, 0.5) is 0 Å². The molecule has 3 rings (SSSR count). The largest absolute Gasteiger partial charge is 0.343 e. The lowest BCUT2D eigenvalue weighted by Gasteiger charge is -2.34. The van der Waals surface area contributed by atoms with Crippen molar-refractivity contribution in [2.75, 3.05) is 31.9 Å². The lowest BCUT2D eigenvalue weighted by atomic mass is 10.1. The summed E-state index contributed by atoms with van der Waals surface area (Å²) in [7, 11) is -3.32. The molecule has 0 spiro atoms. The first-order chi connectivity index (χ1) is 11.6. The smallest absolute Gasteiger partial charge is 0.226 e. The van der Waals surface area contributed by atoms with Crippen LogP contribution in [-0.2, 0) is 19.4 Å². The van der Waals surface area contributed by atoms with Crippen LogP contribution in [0, 0.1) is 17.3 Å². The number of carbonyl (C=O) groups is 2. The molecular weight excluding hydrogens is 340 g/mol. The summed E-state index contributed by atoms with van der Waals surface area (Å²) in [6.45, 7) is 7.84. The quantitative estimate of drug-likeness (QED) is 0.706. The van der Waals surface area contributed by atoms with Crippen molar-refractivity contribution in [3.8, 4) is 0 Å². The second kappa shape index (κ2) is 6.56. The summed E-state index contributed by atoms with van der Waals surface area (Å²) in [5, 5.41) is -0.757. The van der Waals surface area contributed by atoms with E-state index in [9.17, 15) is 18.0 Å². The Bertz CT molecular complexity index is 654. The van der Waals surface area contributed by atoms with E-state index in [1.807, 2.05) is 6.92 Å². The van der Waals surface area contributed by atoms with Gasteiger partial charge >= 0.3 is 0 Å². The molecule has 7 heteroatoms. The molecule has 2 unspecified atom stereocenters. The third kappa shape index (κ3) is 4.18. The Balaban J connectivity index is 1.63. The molecule has 3 aliphatic rings. The van der Waals surface area contributed by atoms with Crippen molar-refractivity contribution < 1.29 is 18.0 Å². The summed E-state index contributed by atoms with van der Waals surface area (Å²) >= 11 is 0. The van der Waals surface area contributed by atoms with Crippen LogP contribution in [0.25, 0.3) is 0 Å². The van der Waals surface area contributed by atoms with Gasteiger partial charge in [-0.15, -0.1) is 0 Å². The average molecular weight is 371 g/mol. The van der Waals surface area contributed by atoms with Crippen molar-refractivity contribution in [1.82, 2.24) is 9.80 Å². The van der Waals surface area contributed by atoms with Crippen molar-refractivity contribution in [1.29, 1.82) is 0 Å². The predicted octanol–water partition coefficient (Wildman–Crippen LogP) is 1.31. The fourth-order valence-corrected chi connectivity index (χ4v) is 5.31. The van der Waals surface area contributed by atoms with Crippen LogP contribution in [0.15, 0.2) is 0 Å². The summed E-state index contributed by atoms with van der Waals surface area (Å²) in [5.41, 5.74) is 0.0298. The van der Waals surface area contributed by atoms with E-state index in [4.69, 9.17) is 0 Å². The van der Waals surface area contributed by atoms with Gasteiger partial charge in [0.05, 0.1) is 11.0 Å². The van der Waals surface area contributed by atoms with Gasteiger partial charge in [0.15, 0.2) is 9.84 Å². The minimum absolute atomic E-state index is 0.000727. The van der Waals surface area contributed by atoms with Gasteiger partial charge in [-0.05, 0) is 37.5 Å². The molecule has 6 nitrogen and oxygen atoms in total. The highest BCUT2D eigenvalue weighted by molar-refractivity contribution is 7.92. The Morgan fingerprint density at radius 1 is 1.24 bits per heavy atom. The van der Waals surface area contributed by atoms with E-state index in [2.05, 4.69) is 13.8 Å². The molecule has 2 atom stereocenters. The van der Waals surface area contributed by atoms with Gasteiger partial charge in [0.2, 0.25) is 11.8 Å². The Hall–Kier alpha value is -1.11. The normalized spacial score (nSPS) is 30.0. The topological polar surface area (TPSA) is 74.8 Å². The van der Waals surface area contributed by atoms with Gasteiger partial charge in [0.25, 0.3) is 0 Å². The second-order valence-electron chi connectivity index (χ2n) is 8.60. The molecule has 0 aromatic rings. The SMILES string of the molecule is CCN(CC1CC1)C(=O)CC1CN(C(=O)C2CC2(C)C)CCS1(=O)=O. The van der Waals surface area contributed by atoms with Crippen molar-refractivity contribution in [2.45, 2.75) is 51.7 Å². The first kappa shape index (κ1) is 18.7. The number of carbonyl (C=O) groups excluding carboxylic acids is 2. The Morgan fingerprint density at radius 2 is 1.88 bits per heavy atom. The van der Waals surface area contributed by atoms with Crippen LogP contribution in [0.5, 0.6) is 0 Å². The molecule has 0 N–H and O–H groups in total. The standard InChI is InChI=1S/C18H30N2O4S/c1-4-19(11-13-5-6-13)16(21)9-14-12-20(7-8-25(14,23)24)17(22)15-10-18(15,2)3/h13-15H,4-12H2,1-3H3. The first-order valence-corrected chi connectivity index (χ1v) is 11.1. The molecule has 0 radical (unpaired) electrons. The number of sulfone groups is 1. The maximum atomic E-state index is 12.6. The van der Waals surface area contributed by atoms with Crippen molar-refractivity contribution >= 4 is 21.7 Å². The van der Waals surface area contributed by atoms with E-state index in [0.29, 0.717) is 12.5 Å². The number of amides is 2. The van der Waals surface area contributed by atoms with Crippen LogP contribution in [-0.4, -0.2) is 67.2 Å². The highest BCUT2D eigenvalue weighted by atomic mass is 32.2. The van der Waals surface area contributed by atoms with Crippen molar-refractivity contribution in [2.24, 2.45) is 17.3 Å². The number of hydrogen-bond donors (Lipinski definition) is 0. The summed E-state index contributed by atoms with van der Waals surface area (Å²) in [6, 6.07) is 0. The molecule has 25 heavy (non-hydrogen) atoms. The monoisotopic (exact) mass is 370 g/mol. The first-order valence-electron chi connectivity index (χ1n) is 9.42. The summed E-state index contributed by atoms with van der Waals surface area (Å²) in [4.78, 5) is 28.6. The minimum Gasteiger partial charge on any atom is -0.343 e. The second-order valence-corrected chi connectivity index (χ2v) is 11.0. The van der Waals surface area contributed by atoms with Gasteiger partial charge in [-0.25, -0.2) is 8.42 Å². The molecule has 2 saturated carbocycles. The van der Waals surface area contributed by atoms with E-state index >= 15 is 0 Å². The van der Waals surface area contributed by atoms with Crippen molar-refractivity contribution in [3.05, 3.63) is 0 Å². The molecule has 1 heterocycles. The molecule has 0 bridgehead atoms. The molecular formula is C18H30N2O4S.